The zero-order chi connectivity index (χ0) is 10.4. The number of aliphatic hydroxyl groups is 2. The van der Waals surface area contributed by atoms with Crippen molar-refractivity contribution in [3.8, 4) is 0 Å². The molecule has 0 aliphatic carbocycles. The molecule has 1 heterocycles. The molecule has 0 aromatic heterocycles. The highest BCUT2D eigenvalue weighted by molar-refractivity contribution is 4.81. The first-order chi connectivity index (χ1) is 6.64. The molecule has 84 valence electrons. The van der Waals surface area contributed by atoms with E-state index >= 15 is 0 Å². The second-order valence-electron chi connectivity index (χ2n) is 4.17. The van der Waals surface area contributed by atoms with Gasteiger partial charge in [0.2, 0.25) is 0 Å². The van der Waals surface area contributed by atoms with Crippen LogP contribution in [0.25, 0.3) is 0 Å². The molecular formula is C10H21NO3. The molecule has 1 saturated heterocycles. The Bertz CT molecular complexity index is 151. The van der Waals surface area contributed by atoms with Gasteiger partial charge in [0, 0.05) is 19.6 Å². The van der Waals surface area contributed by atoms with Gasteiger partial charge in [0.1, 0.15) is 0 Å². The first kappa shape index (κ1) is 11.9. The Hall–Kier alpha value is -0.160. The third kappa shape index (κ3) is 4.37. The number of ether oxygens (including phenoxy) is 1. The van der Waals surface area contributed by atoms with Crippen molar-refractivity contribution in [2.75, 3.05) is 39.5 Å². The van der Waals surface area contributed by atoms with Gasteiger partial charge in [-0.05, 0) is 19.8 Å². The second kappa shape index (κ2) is 5.66. The van der Waals surface area contributed by atoms with Crippen LogP contribution in [-0.4, -0.2) is 60.2 Å². The van der Waals surface area contributed by atoms with Crippen LogP contribution >= 0.6 is 0 Å². The number of piperidine rings is 1. The molecule has 14 heavy (non-hydrogen) atoms. The maximum atomic E-state index is 9.71. The van der Waals surface area contributed by atoms with Gasteiger partial charge in [0.25, 0.3) is 0 Å². The van der Waals surface area contributed by atoms with E-state index in [1.807, 2.05) is 6.92 Å². The zero-order valence-electron chi connectivity index (χ0n) is 8.91. The van der Waals surface area contributed by atoms with Crippen molar-refractivity contribution in [2.45, 2.75) is 25.4 Å². The van der Waals surface area contributed by atoms with Crippen LogP contribution in [0.5, 0.6) is 0 Å². The third-order valence-electron chi connectivity index (χ3n) is 2.72. The van der Waals surface area contributed by atoms with Crippen molar-refractivity contribution < 1.29 is 14.9 Å². The van der Waals surface area contributed by atoms with Gasteiger partial charge in [0.15, 0.2) is 0 Å². The van der Waals surface area contributed by atoms with Gasteiger partial charge in [-0.25, -0.2) is 0 Å². The average Bonchev–Trinajstić information content (AvgIpc) is 2.15. The average molecular weight is 203 g/mol. The van der Waals surface area contributed by atoms with E-state index in [4.69, 9.17) is 9.84 Å². The predicted molar refractivity (Wildman–Crippen MR) is 54.2 cm³/mol. The van der Waals surface area contributed by atoms with E-state index < -0.39 is 5.60 Å². The standard InChI is InChI=1S/C10H21NO3/c1-10(13)2-4-11(5-3-10)6-8-14-9-7-12/h12-13H,2-9H2,1H3. The molecule has 0 saturated carbocycles. The van der Waals surface area contributed by atoms with Crippen molar-refractivity contribution in [1.82, 2.24) is 4.90 Å². The molecule has 0 unspecified atom stereocenters. The quantitative estimate of drug-likeness (QED) is 0.610. The maximum Gasteiger partial charge on any atom is 0.0698 e. The Morgan fingerprint density at radius 1 is 1.29 bits per heavy atom. The Balaban J connectivity index is 2.04. The molecule has 1 aliphatic heterocycles. The van der Waals surface area contributed by atoms with Crippen molar-refractivity contribution in [1.29, 1.82) is 0 Å². The van der Waals surface area contributed by atoms with Gasteiger partial charge < -0.3 is 19.8 Å². The summed E-state index contributed by atoms with van der Waals surface area (Å²) in [5, 5.41) is 18.2. The number of aliphatic hydroxyl groups excluding tert-OH is 1. The summed E-state index contributed by atoms with van der Waals surface area (Å²) < 4.78 is 5.18. The minimum absolute atomic E-state index is 0.0920. The summed E-state index contributed by atoms with van der Waals surface area (Å²) in [4.78, 5) is 2.29. The van der Waals surface area contributed by atoms with Gasteiger partial charge in [-0.3, -0.25) is 0 Å². The smallest absolute Gasteiger partial charge is 0.0698 e. The lowest BCUT2D eigenvalue weighted by molar-refractivity contribution is -0.0136. The van der Waals surface area contributed by atoms with Gasteiger partial charge in [0.05, 0.1) is 25.4 Å². The molecule has 0 aromatic rings. The minimum Gasteiger partial charge on any atom is -0.394 e. The SMILES string of the molecule is CC1(O)CCN(CCOCCO)CC1. The molecule has 2 N–H and O–H groups in total. The van der Waals surface area contributed by atoms with Crippen LogP contribution in [-0.2, 0) is 4.74 Å². The van der Waals surface area contributed by atoms with Crippen LogP contribution in [0.3, 0.4) is 0 Å². The van der Waals surface area contributed by atoms with Crippen LogP contribution in [0, 0.1) is 0 Å². The first-order valence-corrected chi connectivity index (χ1v) is 5.27. The molecule has 0 amide bonds. The fourth-order valence-corrected chi connectivity index (χ4v) is 1.62. The molecule has 1 rings (SSSR count). The summed E-state index contributed by atoms with van der Waals surface area (Å²) in [7, 11) is 0. The highest BCUT2D eigenvalue weighted by Crippen LogP contribution is 2.20. The van der Waals surface area contributed by atoms with E-state index in [0.717, 1.165) is 32.5 Å². The molecule has 0 radical (unpaired) electrons. The van der Waals surface area contributed by atoms with E-state index in [1.165, 1.54) is 0 Å². The fraction of sp³-hybridized carbons (Fsp3) is 1.00. The van der Waals surface area contributed by atoms with E-state index in [1.54, 1.807) is 0 Å². The number of nitrogens with zero attached hydrogens (tertiary/aromatic N) is 1. The van der Waals surface area contributed by atoms with Gasteiger partial charge in [-0.15, -0.1) is 0 Å². The summed E-state index contributed by atoms with van der Waals surface area (Å²) in [6.07, 6.45) is 1.68. The molecule has 0 atom stereocenters. The highest BCUT2D eigenvalue weighted by Gasteiger charge is 2.26. The Kier molecular flexibility index (Phi) is 4.81. The second-order valence-corrected chi connectivity index (χ2v) is 4.17. The number of rotatable bonds is 5. The van der Waals surface area contributed by atoms with Crippen LogP contribution < -0.4 is 0 Å². The minimum atomic E-state index is -0.470. The molecular weight excluding hydrogens is 182 g/mol. The van der Waals surface area contributed by atoms with Gasteiger partial charge in [-0.1, -0.05) is 0 Å². The Labute approximate surface area is 85.5 Å². The monoisotopic (exact) mass is 203 g/mol. The lowest BCUT2D eigenvalue weighted by Gasteiger charge is -2.35. The van der Waals surface area contributed by atoms with E-state index in [0.29, 0.717) is 13.2 Å². The summed E-state index contributed by atoms with van der Waals surface area (Å²) in [5.74, 6) is 0. The Morgan fingerprint density at radius 3 is 2.50 bits per heavy atom. The molecule has 0 spiro atoms. The summed E-state index contributed by atoms with van der Waals surface area (Å²) in [6.45, 7) is 5.86. The lowest BCUT2D eigenvalue weighted by atomic mass is 9.94. The topological polar surface area (TPSA) is 52.9 Å². The predicted octanol–water partition coefficient (Wildman–Crippen LogP) is -0.158. The van der Waals surface area contributed by atoms with E-state index in [2.05, 4.69) is 4.90 Å². The highest BCUT2D eigenvalue weighted by atomic mass is 16.5. The van der Waals surface area contributed by atoms with Crippen LogP contribution in [0.1, 0.15) is 19.8 Å². The van der Waals surface area contributed by atoms with Crippen LogP contribution in [0.2, 0.25) is 0 Å². The van der Waals surface area contributed by atoms with Gasteiger partial charge in [-0.2, -0.15) is 0 Å². The molecule has 0 aromatic carbocycles. The number of likely N-dealkylation sites (tertiary alicyclic amines) is 1. The van der Waals surface area contributed by atoms with Gasteiger partial charge >= 0.3 is 0 Å². The van der Waals surface area contributed by atoms with Crippen LogP contribution in [0.15, 0.2) is 0 Å². The Morgan fingerprint density at radius 2 is 1.93 bits per heavy atom. The fourth-order valence-electron chi connectivity index (χ4n) is 1.62. The maximum absolute atomic E-state index is 9.71. The van der Waals surface area contributed by atoms with Crippen molar-refractivity contribution in [2.24, 2.45) is 0 Å². The molecule has 4 nitrogen and oxygen atoms in total. The normalized spacial score (nSPS) is 22.5. The van der Waals surface area contributed by atoms with Crippen molar-refractivity contribution in [3.05, 3.63) is 0 Å². The van der Waals surface area contributed by atoms with Crippen LogP contribution in [0.4, 0.5) is 0 Å². The molecule has 4 heteroatoms. The van der Waals surface area contributed by atoms with E-state index in [-0.39, 0.29) is 6.61 Å². The molecule has 1 aliphatic rings. The summed E-state index contributed by atoms with van der Waals surface area (Å²) in [5.41, 5.74) is -0.470. The van der Waals surface area contributed by atoms with E-state index in [9.17, 15) is 5.11 Å². The molecule has 0 bridgehead atoms. The first-order valence-electron chi connectivity index (χ1n) is 5.27. The zero-order valence-corrected chi connectivity index (χ0v) is 8.91. The largest absolute Gasteiger partial charge is 0.394 e. The number of hydrogen-bond acceptors (Lipinski definition) is 4. The summed E-state index contributed by atoms with van der Waals surface area (Å²) >= 11 is 0. The third-order valence-corrected chi connectivity index (χ3v) is 2.72. The van der Waals surface area contributed by atoms with Crippen molar-refractivity contribution in [3.63, 3.8) is 0 Å². The van der Waals surface area contributed by atoms with Crippen molar-refractivity contribution >= 4 is 0 Å². The number of hydrogen-bond donors (Lipinski definition) is 2. The molecule has 1 fully saturated rings. The summed E-state index contributed by atoms with van der Waals surface area (Å²) in [6, 6.07) is 0. The lowest BCUT2D eigenvalue weighted by Crippen LogP contribution is -2.43.